The molecular weight excluding hydrogens is 312 g/mol. The van der Waals surface area contributed by atoms with E-state index in [1.165, 1.54) is 10.8 Å². The van der Waals surface area contributed by atoms with Gasteiger partial charge in [0.05, 0.1) is 5.75 Å². The Balaban J connectivity index is 3.10. The van der Waals surface area contributed by atoms with Crippen molar-refractivity contribution in [3.8, 4) is 0 Å². The zero-order valence-corrected chi connectivity index (χ0v) is 13.4. The van der Waals surface area contributed by atoms with E-state index in [4.69, 9.17) is 10.7 Å². The van der Waals surface area contributed by atoms with E-state index >= 15 is 0 Å². The number of nitrogens with zero attached hydrogens (tertiary/aromatic N) is 2. The maximum atomic E-state index is 11.5. The summed E-state index contributed by atoms with van der Waals surface area (Å²) < 4.78 is 47.0. The van der Waals surface area contributed by atoms with Crippen molar-refractivity contribution in [1.82, 2.24) is 9.55 Å². The first kappa shape index (κ1) is 16.5. The lowest BCUT2D eigenvalue weighted by molar-refractivity contribution is 0.584. The molecule has 0 unspecified atom stereocenters. The highest BCUT2D eigenvalue weighted by molar-refractivity contribution is 8.13. The largest absolute Gasteiger partial charge is 0.332 e. The number of aromatic nitrogens is 2. The van der Waals surface area contributed by atoms with Gasteiger partial charge >= 0.3 is 0 Å². The molecule has 0 radical (unpaired) electrons. The van der Waals surface area contributed by atoms with Crippen molar-refractivity contribution >= 4 is 29.6 Å². The Hall–Kier alpha value is -0.600. The SMILES string of the molecule is CCS(=O)(=O)CCn1cc(S(=O)(=O)Cl)nc1C(C)C. The van der Waals surface area contributed by atoms with Gasteiger partial charge in [0.1, 0.15) is 5.82 Å². The number of rotatable bonds is 6. The van der Waals surface area contributed by atoms with E-state index in [0.29, 0.717) is 5.82 Å². The molecule has 0 amide bonds. The number of halogens is 1. The van der Waals surface area contributed by atoms with Crippen LogP contribution in [0.4, 0.5) is 0 Å². The number of hydrogen-bond donors (Lipinski definition) is 0. The van der Waals surface area contributed by atoms with Gasteiger partial charge in [0.15, 0.2) is 14.9 Å². The van der Waals surface area contributed by atoms with Crippen molar-refractivity contribution in [2.75, 3.05) is 11.5 Å². The van der Waals surface area contributed by atoms with E-state index in [0.717, 1.165) is 0 Å². The minimum Gasteiger partial charge on any atom is -0.332 e. The van der Waals surface area contributed by atoms with Crippen molar-refractivity contribution in [2.24, 2.45) is 0 Å². The third kappa shape index (κ3) is 4.47. The molecule has 0 N–H and O–H groups in total. The molecule has 0 spiro atoms. The van der Waals surface area contributed by atoms with Crippen molar-refractivity contribution in [1.29, 1.82) is 0 Å². The highest BCUT2D eigenvalue weighted by atomic mass is 35.7. The Morgan fingerprint density at radius 1 is 1.32 bits per heavy atom. The van der Waals surface area contributed by atoms with E-state index in [1.54, 1.807) is 6.92 Å². The summed E-state index contributed by atoms with van der Waals surface area (Å²) in [5.41, 5.74) is 0. The summed E-state index contributed by atoms with van der Waals surface area (Å²) in [5.74, 6) is 0.475. The second kappa shape index (κ2) is 5.80. The lowest BCUT2D eigenvalue weighted by atomic mass is 10.2. The topological polar surface area (TPSA) is 86.1 Å². The molecule has 1 heterocycles. The Kier molecular flexibility index (Phi) is 5.02. The maximum Gasteiger partial charge on any atom is 0.280 e. The van der Waals surface area contributed by atoms with Crippen molar-refractivity contribution in [2.45, 2.75) is 38.3 Å². The molecule has 19 heavy (non-hydrogen) atoms. The number of aryl methyl sites for hydroxylation is 1. The standard InChI is InChI=1S/C10H17ClN2O4S2/c1-4-18(14,15)6-5-13-7-9(19(11,16)17)12-10(13)8(2)3/h7-8H,4-6H2,1-3H3. The Labute approximate surface area is 118 Å². The lowest BCUT2D eigenvalue weighted by Crippen LogP contribution is -2.16. The molecule has 0 aromatic carbocycles. The number of imidazole rings is 1. The van der Waals surface area contributed by atoms with Gasteiger partial charge in [-0.1, -0.05) is 20.8 Å². The summed E-state index contributed by atoms with van der Waals surface area (Å²) in [5, 5.41) is -0.244. The van der Waals surface area contributed by atoms with Gasteiger partial charge in [-0.05, 0) is 0 Å². The summed E-state index contributed by atoms with van der Waals surface area (Å²) in [6, 6.07) is 0. The fourth-order valence-electron chi connectivity index (χ4n) is 1.54. The molecule has 110 valence electrons. The van der Waals surface area contributed by atoms with Gasteiger partial charge in [-0.2, -0.15) is 0 Å². The monoisotopic (exact) mass is 328 g/mol. The molecule has 0 saturated heterocycles. The van der Waals surface area contributed by atoms with Gasteiger partial charge in [0.25, 0.3) is 9.05 Å². The second-order valence-electron chi connectivity index (χ2n) is 4.46. The molecule has 9 heteroatoms. The highest BCUT2D eigenvalue weighted by Gasteiger charge is 2.20. The van der Waals surface area contributed by atoms with E-state index in [-0.39, 0.29) is 29.0 Å². The summed E-state index contributed by atoms with van der Waals surface area (Å²) >= 11 is 0. The van der Waals surface area contributed by atoms with Gasteiger partial charge in [-0.25, -0.2) is 21.8 Å². The molecule has 0 aliphatic carbocycles. The van der Waals surface area contributed by atoms with Crippen LogP contribution in [-0.2, 0) is 25.4 Å². The molecule has 1 rings (SSSR count). The van der Waals surface area contributed by atoms with Crippen molar-refractivity contribution in [3.05, 3.63) is 12.0 Å². The zero-order valence-electron chi connectivity index (χ0n) is 11.0. The minimum absolute atomic E-state index is 0.0310. The van der Waals surface area contributed by atoms with Crippen LogP contribution >= 0.6 is 10.7 Å². The first-order valence-electron chi connectivity index (χ1n) is 5.79. The maximum absolute atomic E-state index is 11.5. The molecule has 6 nitrogen and oxygen atoms in total. The summed E-state index contributed by atoms with van der Waals surface area (Å²) in [7, 11) is -1.78. The van der Waals surface area contributed by atoms with Gasteiger partial charge in [-0.15, -0.1) is 0 Å². The molecule has 0 fully saturated rings. The van der Waals surface area contributed by atoms with Gasteiger partial charge in [0.2, 0.25) is 0 Å². The Morgan fingerprint density at radius 3 is 2.32 bits per heavy atom. The van der Waals surface area contributed by atoms with Crippen LogP contribution in [-0.4, -0.2) is 37.9 Å². The zero-order chi connectivity index (χ0) is 14.8. The fraction of sp³-hybridized carbons (Fsp3) is 0.700. The predicted molar refractivity (Wildman–Crippen MR) is 73.7 cm³/mol. The first-order valence-corrected chi connectivity index (χ1v) is 9.92. The molecular formula is C10H17ClN2O4S2. The third-order valence-electron chi connectivity index (χ3n) is 2.63. The molecule has 1 aromatic heterocycles. The van der Waals surface area contributed by atoms with E-state index in [1.807, 2.05) is 13.8 Å². The van der Waals surface area contributed by atoms with E-state index in [2.05, 4.69) is 4.98 Å². The fourth-order valence-corrected chi connectivity index (χ4v) is 2.99. The van der Waals surface area contributed by atoms with Crippen LogP contribution in [0.25, 0.3) is 0 Å². The highest BCUT2D eigenvalue weighted by Crippen LogP contribution is 2.20. The van der Waals surface area contributed by atoms with Crippen molar-refractivity contribution in [3.63, 3.8) is 0 Å². The summed E-state index contributed by atoms with van der Waals surface area (Å²) in [4.78, 5) is 3.96. The summed E-state index contributed by atoms with van der Waals surface area (Å²) in [6.45, 7) is 5.43. The quantitative estimate of drug-likeness (QED) is 0.736. The van der Waals surface area contributed by atoms with Crippen LogP contribution < -0.4 is 0 Å². The van der Waals surface area contributed by atoms with Gasteiger partial charge in [-0.3, -0.25) is 0 Å². The van der Waals surface area contributed by atoms with Gasteiger partial charge in [0, 0.05) is 35.1 Å². The van der Waals surface area contributed by atoms with Crippen LogP contribution in [0.2, 0.25) is 0 Å². The minimum atomic E-state index is -3.91. The predicted octanol–water partition coefficient (Wildman–Crippen LogP) is 1.37. The van der Waals surface area contributed by atoms with Crippen molar-refractivity contribution < 1.29 is 16.8 Å². The molecule has 0 atom stereocenters. The molecule has 0 aliphatic heterocycles. The molecule has 1 aromatic rings. The third-order valence-corrected chi connectivity index (χ3v) is 5.49. The van der Waals surface area contributed by atoms with Crippen LogP contribution in [0.3, 0.4) is 0 Å². The average molecular weight is 329 g/mol. The smallest absolute Gasteiger partial charge is 0.280 e. The Morgan fingerprint density at radius 2 is 1.89 bits per heavy atom. The second-order valence-corrected chi connectivity index (χ2v) is 9.45. The lowest BCUT2D eigenvalue weighted by Gasteiger charge is -2.09. The van der Waals surface area contributed by atoms with Gasteiger partial charge < -0.3 is 4.57 Å². The molecule has 0 saturated carbocycles. The number of hydrogen-bond acceptors (Lipinski definition) is 5. The number of sulfone groups is 1. The first-order chi connectivity index (χ1) is 8.57. The Bertz CT molecular complexity index is 647. The van der Waals surface area contributed by atoms with Crippen LogP contribution in [0.1, 0.15) is 32.5 Å². The van der Waals surface area contributed by atoms with Crippen LogP contribution in [0, 0.1) is 0 Å². The van der Waals surface area contributed by atoms with Crippen LogP contribution in [0.5, 0.6) is 0 Å². The molecule has 0 bridgehead atoms. The van der Waals surface area contributed by atoms with E-state index < -0.39 is 18.9 Å². The normalized spacial score (nSPS) is 13.1. The van der Waals surface area contributed by atoms with Crippen LogP contribution in [0.15, 0.2) is 11.2 Å². The summed E-state index contributed by atoms with van der Waals surface area (Å²) in [6.07, 6.45) is 1.28. The average Bonchev–Trinajstić information content (AvgIpc) is 2.70. The van der Waals surface area contributed by atoms with E-state index in [9.17, 15) is 16.8 Å². The molecule has 0 aliphatic rings.